The predicted molar refractivity (Wildman–Crippen MR) is 98.3 cm³/mol. The number of nitrogens with zero attached hydrogens (tertiary/aromatic N) is 3. The Morgan fingerprint density at radius 3 is 2.62 bits per heavy atom. The van der Waals surface area contributed by atoms with Crippen molar-refractivity contribution in [3.63, 3.8) is 0 Å². The molecule has 0 aliphatic heterocycles. The van der Waals surface area contributed by atoms with Gasteiger partial charge in [-0.2, -0.15) is 8.78 Å². The number of benzene rings is 1. The van der Waals surface area contributed by atoms with Crippen molar-refractivity contribution in [3.05, 3.63) is 54.1 Å². The largest absolute Gasteiger partial charge is 0.356 e. The number of imidazole rings is 1. The van der Waals surface area contributed by atoms with Gasteiger partial charge in [-0.25, -0.2) is 4.98 Å². The van der Waals surface area contributed by atoms with Crippen LogP contribution in [0.15, 0.2) is 47.7 Å². The Morgan fingerprint density at radius 1 is 1.23 bits per heavy atom. The SMILES string of the molecule is CN=C(NCc1nccn1C(F)F)NCC1(c2ccccc2)CCCC1. The second-order valence-electron chi connectivity index (χ2n) is 6.66. The van der Waals surface area contributed by atoms with Crippen molar-refractivity contribution in [2.75, 3.05) is 13.6 Å². The van der Waals surface area contributed by atoms with E-state index in [2.05, 4.69) is 44.9 Å². The summed E-state index contributed by atoms with van der Waals surface area (Å²) in [6, 6.07) is 10.6. The summed E-state index contributed by atoms with van der Waals surface area (Å²) in [6.45, 7) is -1.64. The zero-order chi connectivity index (χ0) is 18.4. The minimum absolute atomic E-state index is 0.0975. The van der Waals surface area contributed by atoms with Gasteiger partial charge in [0, 0.05) is 31.4 Å². The van der Waals surface area contributed by atoms with Gasteiger partial charge in [0.2, 0.25) is 0 Å². The lowest BCUT2D eigenvalue weighted by atomic mass is 9.79. The molecule has 0 unspecified atom stereocenters. The summed E-state index contributed by atoms with van der Waals surface area (Å²) in [5.74, 6) is 0.873. The Balaban J connectivity index is 1.62. The highest BCUT2D eigenvalue weighted by Gasteiger charge is 2.35. The molecule has 1 aromatic heterocycles. The van der Waals surface area contributed by atoms with E-state index in [0.717, 1.165) is 24.0 Å². The van der Waals surface area contributed by atoms with Crippen LogP contribution in [0.1, 0.15) is 43.6 Å². The summed E-state index contributed by atoms with van der Waals surface area (Å²) < 4.78 is 26.7. The number of halogens is 2. The number of alkyl halides is 2. The van der Waals surface area contributed by atoms with Crippen molar-refractivity contribution in [2.45, 2.75) is 44.2 Å². The van der Waals surface area contributed by atoms with Gasteiger partial charge in [0.05, 0.1) is 6.54 Å². The average Bonchev–Trinajstić information content (AvgIpc) is 3.33. The molecule has 0 atom stereocenters. The maximum Gasteiger partial charge on any atom is 0.319 e. The quantitative estimate of drug-likeness (QED) is 0.612. The summed E-state index contributed by atoms with van der Waals surface area (Å²) in [6.07, 6.45) is 7.36. The normalized spacial score (nSPS) is 16.8. The summed E-state index contributed by atoms with van der Waals surface area (Å²) in [5.41, 5.74) is 1.44. The zero-order valence-electron chi connectivity index (χ0n) is 15.0. The van der Waals surface area contributed by atoms with Crippen LogP contribution in [-0.2, 0) is 12.0 Å². The molecule has 140 valence electrons. The lowest BCUT2D eigenvalue weighted by Crippen LogP contribution is -2.44. The van der Waals surface area contributed by atoms with Gasteiger partial charge in [0.15, 0.2) is 5.96 Å². The van der Waals surface area contributed by atoms with E-state index in [-0.39, 0.29) is 17.8 Å². The van der Waals surface area contributed by atoms with Crippen molar-refractivity contribution < 1.29 is 8.78 Å². The second kappa shape index (κ2) is 8.29. The second-order valence-corrected chi connectivity index (χ2v) is 6.66. The molecule has 5 nitrogen and oxygen atoms in total. The van der Waals surface area contributed by atoms with E-state index < -0.39 is 6.55 Å². The van der Waals surface area contributed by atoms with Gasteiger partial charge in [-0.3, -0.25) is 9.56 Å². The highest BCUT2D eigenvalue weighted by atomic mass is 19.3. The van der Waals surface area contributed by atoms with Crippen molar-refractivity contribution in [1.29, 1.82) is 0 Å². The molecule has 1 aliphatic carbocycles. The Labute approximate surface area is 152 Å². The first kappa shape index (κ1) is 18.4. The zero-order valence-corrected chi connectivity index (χ0v) is 15.0. The third-order valence-electron chi connectivity index (χ3n) is 5.14. The third kappa shape index (κ3) is 4.03. The summed E-state index contributed by atoms with van der Waals surface area (Å²) in [5, 5.41) is 6.46. The van der Waals surface area contributed by atoms with Crippen LogP contribution in [0.3, 0.4) is 0 Å². The molecule has 0 saturated heterocycles. The van der Waals surface area contributed by atoms with Crippen LogP contribution in [0.25, 0.3) is 0 Å². The third-order valence-corrected chi connectivity index (χ3v) is 5.14. The minimum Gasteiger partial charge on any atom is -0.356 e. The first-order valence-corrected chi connectivity index (χ1v) is 8.94. The smallest absolute Gasteiger partial charge is 0.319 e. The lowest BCUT2D eigenvalue weighted by molar-refractivity contribution is 0.0668. The van der Waals surface area contributed by atoms with E-state index in [9.17, 15) is 8.78 Å². The van der Waals surface area contributed by atoms with Gasteiger partial charge in [-0.1, -0.05) is 43.2 Å². The van der Waals surface area contributed by atoms with Crippen molar-refractivity contribution in [1.82, 2.24) is 20.2 Å². The van der Waals surface area contributed by atoms with Crippen LogP contribution in [0.5, 0.6) is 0 Å². The molecular weight excluding hydrogens is 336 g/mol. The maximum atomic E-state index is 12.9. The summed E-state index contributed by atoms with van der Waals surface area (Å²) in [4.78, 5) is 8.20. The van der Waals surface area contributed by atoms with E-state index in [1.165, 1.54) is 30.8 Å². The summed E-state index contributed by atoms with van der Waals surface area (Å²) in [7, 11) is 1.68. The van der Waals surface area contributed by atoms with E-state index in [0.29, 0.717) is 5.96 Å². The molecule has 1 heterocycles. The van der Waals surface area contributed by atoms with Crippen LogP contribution in [0.2, 0.25) is 0 Å². The molecule has 0 spiro atoms. The molecule has 1 fully saturated rings. The van der Waals surface area contributed by atoms with Gasteiger partial charge in [0.1, 0.15) is 5.82 Å². The topological polar surface area (TPSA) is 54.2 Å². The average molecular weight is 361 g/mol. The fourth-order valence-corrected chi connectivity index (χ4v) is 3.71. The van der Waals surface area contributed by atoms with Crippen LogP contribution in [0.4, 0.5) is 8.78 Å². The molecule has 7 heteroatoms. The number of guanidine groups is 1. The van der Waals surface area contributed by atoms with E-state index in [1.807, 2.05) is 6.07 Å². The van der Waals surface area contributed by atoms with Crippen LogP contribution < -0.4 is 10.6 Å². The Hall–Kier alpha value is -2.44. The standard InChI is InChI=1S/C19H25F2N5/c1-22-18(24-13-16-23-11-12-26(16)17(20)21)25-14-19(9-5-6-10-19)15-7-3-2-4-8-15/h2-4,7-8,11-12,17H,5-6,9-10,13-14H2,1H3,(H2,22,24,25). The number of hydrogen-bond acceptors (Lipinski definition) is 2. The first-order chi connectivity index (χ1) is 12.6. The number of nitrogens with one attached hydrogen (secondary N) is 2. The van der Waals surface area contributed by atoms with Crippen LogP contribution in [0, 0.1) is 0 Å². The highest BCUT2D eigenvalue weighted by molar-refractivity contribution is 5.79. The van der Waals surface area contributed by atoms with Gasteiger partial charge in [-0.15, -0.1) is 0 Å². The lowest BCUT2D eigenvalue weighted by Gasteiger charge is -2.30. The molecule has 3 rings (SSSR count). The molecule has 0 bridgehead atoms. The molecule has 26 heavy (non-hydrogen) atoms. The molecule has 1 aliphatic rings. The van der Waals surface area contributed by atoms with E-state index in [1.54, 1.807) is 7.05 Å². The summed E-state index contributed by atoms with van der Waals surface area (Å²) >= 11 is 0. The minimum atomic E-state index is -2.59. The Kier molecular flexibility index (Phi) is 5.85. The van der Waals surface area contributed by atoms with Crippen LogP contribution >= 0.6 is 0 Å². The van der Waals surface area contributed by atoms with Crippen molar-refractivity contribution in [2.24, 2.45) is 4.99 Å². The molecule has 0 radical (unpaired) electrons. The molecule has 1 aromatic carbocycles. The van der Waals surface area contributed by atoms with Crippen LogP contribution in [-0.4, -0.2) is 29.1 Å². The number of aromatic nitrogens is 2. The van der Waals surface area contributed by atoms with Gasteiger partial charge in [0.25, 0.3) is 0 Å². The van der Waals surface area contributed by atoms with E-state index >= 15 is 0 Å². The maximum absolute atomic E-state index is 12.9. The number of rotatable bonds is 6. The monoisotopic (exact) mass is 361 g/mol. The fourth-order valence-electron chi connectivity index (χ4n) is 3.71. The molecule has 1 saturated carbocycles. The highest BCUT2D eigenvalue weighted by Crippen LogP contribution is 2.40. The number of hydrogen-bond donors (Lipinski definition) is 2. The Bertz CT molecular complexity index is 721. The predicted octanol–water partition coefficient (Wildman–Crippen LogP) is 3.46. The molecule has 2 aromatic rings. The van der Waals surface area contributed by atoms with Crippen molar-refractivity contribution in [3.8, 4) is 0 Å². The van der Waals surface area contributed by atoms with Gasteiger partial charge < -0.3 is 10.6 Å². The molecule has 0 amide bonds. The number of aliphatic imine (C=N–C) groups is 1. The van der Waals surface area contributed by atoms with Gasteiger partial charge in [-0.05, 0) is 18.4 Å². The van der Waals surface area contributed by atoms with E-state index in [4.69, 9.17) is 0 Å². The molecular formula is C19H25F2N5. The first-order valence-electron chi connectivity index (χ1n) is 8.94. The van der Waals surface area contributed by atoms with Crippen molar-refractivity contribution >= 4 is 5.96 Å². The fraction of sp³-hybridized carbons (Fsp3) is 0.474. The van der Waals surface area contributed by atoms with Gasteiger partial charge >= 0.3 is 6.55 Å². The Morgan fingerprint density at radius 2 is 1.96 bits per heavy atom. The molecule has 2 N–H and O–H groups in total.